The summed E-state index contributed by atoms with van der Waals surface area (Å²) in [5.41, 5.74) is 0. The Bertz CT molecular complexity index is 1210. The van der Waals surface area contributed by atoms with Crippen LogP contribution in [0.15, 0.2) is 0 Å². The fraction of sp³-hybridized carbons (Fsp3) is 0.981. The molecule has 0 unspecified atom stereocenters. The average Bonchev–Trinajstić information content (AvgIpc) is 3.35. The predicted octanol–water partition coefficient (Wildman–Crippen LogP) is 6.11. The van der Waals surface area contributed by atoms with Crippen LogP contribution in [0.5, 0.6) is 0 Å². The van der Waals surface area contributed by atoms with Gasteiger partial charge in [0, 0.05) is 0 Å². The fourth-order valence-corrected chi connectivity index (χ4v) is 9.55. The van der Waals surface area contributed by atoms with E-state index in [0.29, 0.717) is 12.8 Å². The second-order valence-electron chi connectivity index (χ2n) is 20.4. The molecular weight excluding hydrogens is 891 g/mol. The number of aliphatic hydroxyl groups excluding tert-OH is 10. The van der Waals surface area contributed by atoms with Crippen molar-refractivity contribution in [2.45, 2.75) is 312 Å². The first-order valence-electron chi connectivity index (χ1n) is 28.0. The first-order chi connectivity index (χ1) is 33.4. The molecule has 2 aliphatic rings. The molecule has 2 aliphatic heterocycles. The number of hydrogen-bond acceptors (Lipinski definition) is 15. The lowest BCUT2D eigenvalue weighted by molar-refractivity contribution is -0.368. The molecule has 2 fully saturated rings. The van der Waals surface area contributed by atoms with Gasteiger partial charge >= 0.3 is 0 Å². The topological polar surface area (TPSA) is 268 Å². The van der Waals surface area contributed by atoms with E-state index in [9.17, 15) is 55.9 Å². The molecule has 0 aliphatic carbocycles. The van der Waals surface area contributed by atoms with E-state index in [1.165, 1.54) is 135 Å². The molecule has 410 valence electrons. The third kappa shape index (κ3) is 26.6. The van der Waals surface area contributed by atoms with E-state index in [4.69, 9.17) is 18.9 Å². The first-order valence-corrected chi connectivity index (χ1v) is 28.0. The van der Waals surface area contributed by atoms with Gasteiger partial charge in [-0.05, 0) is 12.8 Å². The first kappa shape index (κ1) is 64.0. The lowest BCUT2D eigenvalue weighted by atomic mass is 9.97. The van der Waals surface area contributed by atoms with Gasteiger partial charge in [-0.3, -0.25) is 4.79 Å². The molecule has 0 aromatic rings. The van der Waals surface area contributed by atoms with Crippen LogP contribution >= 0.6 is 0 Å². The Morgan fingerprint density at radius 1 is 0.478 bits per heavy atom. The van der Waals surface area contributed by atoms with Gasteiger partial charge in [-0.25, -0.2) is 0 Å². The van der Waals surface area contributed by atoms with Gasteiger partial charge < -0.3 is 75.3 Å². The van der Waals surface area contributed by atoms with E-state index in [0.717, 1.165) is 51.4 Å². The van der Waals surface area contributed by atoms with E-state index in [2.05, 4.69) is 19.2 Å². The molecule has 2 saturated heterocycles. The van der Waals surface area contributed by atoms with Gasteiger partial charge in [0.15, 0.2) is 12.6 Å². The highest BCUT2D eigenvalue weighted by atomic mass is 16.8. The van der Waals surface area contributed by atoms with E-state index in [-0.39, 0.29) is 12.8 Å². The van der Waals surface area contributed by atoms with Gasteiger partial charge in [-0.15, -0.1) is 0 Å². The summed E-state index contributed by atoms with van der Waals surface area (Å²) in [5, 5.41) is 109. The molecule has 2 heterocycles. The zero-order valence-corrected chi connectivity index (χ0v) is 43.1. The molecule has 14 atom stereocenters. The second-order valence-corrected chi connectivity index (χ2v) is 20.4. The van der Waals surface area contributed by atoms with Crippen LogP contribution in [-0.2, 0) is 23.7 Å². The van der Waals surface area contributed by atoms with Crippen LogP contribution in [0.25, 0.3) is 0 Å². The summed E-state index contributed by atoms with van der Waals surface area (Å²) in [4.78, 5) is 13.4. The van der Waals surface area contributed by atoms with Crippen molar-refractivity contribution in [3.05, 3.63) is 0 Å². The Morgan fingerprint density at radius 3 is 1.25 bits per heavy atom. The molecule has 16 nitrogen and oxygen atoms in total. The van der Waals surface area contributed by atoms with Crippen LogP contribution in [-0.4, -0.2) is 163 Å². The van der Waals surface area contributed by atoms with Gasteiger partial charge in [0.05, 0.1) is 32.0 Å². The predicted molar refractivity (Wildman–Crippen MR) is 266 cm³/mol. The summed E-state index contributed by atoms with van der Waals surface area (Å²) < 4.78 is 22.9. The van der Waals surface area contributed by atoms with Crippen LogP contribution in [0.3, 0.4) is 0 Å². The Labute approximate surface area is 416 Å². The van der Waals surface area contributed by atoms with Crippen molar-refractivity contribution in [2.75, 3.05) is 19.8 Å². The smallest absolute Gasteiger partial charge is 0.249 e. The van der Waals surface area contributed by atoms with Crippen LogP contribution in [0.1, 0.15) is 226 Å². The summed E-state index contributed by atoms with van der Waals surface area (Å²) >= 11 is 0. The van der Waals surface area contributed by atoms with Crippen molar-refractivity contribution in [1.82, 2.24) is 5.32 Å². The van der Waals surface area contributed by atoms with E-state index in [1.54, 1.807) is 0 Å². The van der Waals surface area contributed by atoms with E-state index >= 15 is 0 Å². The summed E-state index contributed by atoms with van der Waals surface area (Å²) in [6, 6.07) is -1.31. The normalized spacial score (nSPS) is 27.0. The lowest BCUT2D eigenvalue weighted by Crippen LogP contribution is -2.65. The average molecular weight is 994 g/mol. The largest absolute Gasteiger partial charge is 0.394 e. The van der Waals surface area contributed by atoms with Crippen LogP contribution < -0.4 is 5.32 Å². The van der Waals surface area contributed by atoms with Crippen LogP contribution in [0, 0.1) is 0 Å². The molecule has 0 spiro atoms. The SMILES string of the molecule is CCCCCCCCCCCCCCCCCCCCC[C@@H](O)C(=O)N[C@@H](CO[C@H]1O[C@H](CO)[C@H](O)[C@H](O)[C@H]1O[C@H]1O[C@H](CO)[C@@H](O)[C@H](O)[C@H]1O)[C@H](O)[C@H](O)CCCCCCCCCCCCCC. The molecule has 16 heteroatoms. The molecule has 0 aromatic heterocycles. The minimum atomic E-state index is -1.87. The molecule has 0 saturated carbocycles. The third-order valence-corrected chi connectivity index (χ3v) is 14.3. The number of nitrogens with one attached hydrogen (secondary N) is 1. The van der Waals surface area contributed by atoms with Gasteiger partial charge in [0.25, 0.3) is 0 Å². The highest BCUT2D eigenvalue weighted by Gasteiger charge is 2.51. The van der Waals surface area contributed by atoms with E-state index in [1.807, 2.05) is 0 Å². The summed E-state index contributed by atoms with van der Waals surface area (Å²) in [7, 11) is 0. The summed E-state index contributed by atoms with van der Waals surface area (Å²) in [6.07, 6.45) is 16.4. The van der Waals surface area contributed by atoms with Gasteiger partial charge in [-0.1, -0.05) is 213 Å². The maximum Gasteiger partial charge on any atom is 0.249 e. The molecule has 0 radical (unpaired) electrons. The highest BCUT2D eigenvalue weighted by molar-refractivity contribution is 5.80. The molecular formula is C53H103NO15. The summed E-state index contributed by atoms with van der Waals surface area (Å²) in [5.74, 6) is -0.773. The quantitative estimate of drug-likeness (QED) is 0.0308. The molecule has 69 heavy (non-hydrogen) atoms. The lowest BCUT2D eigenvalue weighted by Gasteiger charge is -2.46. The fourth-order valence-electron chi connectivity index (χ4n) is 9.55. The standard InChI is InChI=1S/C53H103NO15/c1-3-5-7-9-11-13-15-17-18-19-20-21-22-23-25-27-29-31-33-35-41(58)51(65)54-39(44(59)40(57)34-32-30-28-26-24-16-14-12-10-8-6-4-2)38-66-53-50(48(63)46(61)43(37-56)68-53)69-52-49(64)47(62)45(60)42(36-55)67-52/h39-50,52-53,55-64H,3-38H2,1-2H3,(H,54,65)/t39-,40+,41+,42+,43+,44-,45+,46-,47-,48-,49+,50+,52+,53-/m0/s1. The minimum absolute atomic E-state index is 0.193. The Kier molecular flexibility index (Phi) is 37.4. The number of carbonyl (C=O) groups excluding carboxylic acids is 1. The third-order valence-electron chi connectivity index (χ3n) is 14.3. The van der Waals surface area contributed by atoms with Crippen molar-refractivity contribution >= 4 is 5.91 Å². The molecule has 0 aromatic carbocycles. The maximum atomic E-state index is 13.4. The Balaban J connectivity index is 1.91. The molecule has 1 amide bonds. The van der Waals surface area contributed by atoms with Crippen molar-refractivity contribution < 1.29 is 74.8 Å². The zero-order valence-electron chi connectivity index (χ0n) is 43.1. The second kappa shape index (κ2) is 40.3. The van der Waals surface area contributed by atoms with Crippen LogP contribution in [0.4, 0.5) is 0 Å². The number of unbranched alkanes of at least 4 members (excludes halogenated alkanes) is 29. The minimum Gasteiger partial charge on any atom is -0.394 e. The van der Waals surface area contributed by atoms with Crippen LogP contribution in [0.2, 0.25) is 0 Å². The number of aliphatic hydroxyl groups is 10. The Morgan fingerprint density at radius 2 is 0.841 bits per heavy atom. The van der Waals surface area contributed by atoms with Crippen molar-refractivity contribution in [3.8, 4) is 0 Å². The molecule has 0 bridgehead atoms. The summed E-state index contributed by atoms with van der Waals surface area (Å²) in [6.45, 7) is 2.41. The number of hydrogen-bond donors (Lipinski definition) is 11. The van der Waals surface area contributed by atoms with Crippen molar-refractivity contribution in [1.29, 1.82) is 0 Å². The zero-order chi connectivity index (χ0) is 50.7. The van der Waals surface area contributed by atoms with Gasteiger partial charge in [0.1, 0.15) is 61.0 Å². The number of carbonyl (C=O) groups is 1. The monoisotopic (exact) mass is 994 g/mol. The molecule has 11 N–H and O–H groups in total. The molecule has 2 rings (SSSR count). The van der Waals surface area contributed by atoms with Crippen molar-refractivity contribution in [3.63, 3.8) is 0 Å². The van der Waals surface area contributed by atoms with Gasteiger partial charge in [-0.2, -0.15) is 0 Å². The number of amides is 1. The highest BCUT2D eigenvalue weighted by Crippen LogP contribution is 2.30. The van der Waals surface area contributed by atoms with Crippen molar-refractivity contribution in [2.24, 2.45) is 0 Å². The number of rotatable bonds is 44. The number of ether oxygens (including phenoxy) is 4. The maximum absolute atomic E-state index is 13.4. The Hall–Kier alpha value is -1.09. The van der Waals surface area contributed by atoms with E-state index < -0.39 is 111 Å². The van der Waals surface area contributed by atoms with Gasteiger partial charge in [0.2, 0.25) is 5.91 Å².